The van der Waals surface area contributed by atoms with E-state index >= 15 is 0 Å². The minimum atomic E-state index is 0.520. The summed E-state index contributed by atoms with van der Waals surface area (Å²) in [5.74, 6) is 0.929. The Morgan fingerprint density at radius 1 is 1.42 bits per heavy atom. The third-order valence-electron chi connectivity index (χ3n) is 3.91. The fourth-order valence-electron chi connectivity index (χ4n) is 3.61. The Balaban J connectivity index is 2.20. The van der Waals surface area contributed by atoms with Gasteiger partial charge in [0.15, 0.2) is 0 Å². The Morgan fingerprint density at radius 3 is 2.83 bits per heavy atom. The predicted molar refractivity (Wildman–Crippen MR) is 52.1 cm³/mol. The van der Waals surface area contributed by atoms with Crippen molar-refractivity contribution in [3.05, 3.63) is 0 Å². The molecule has 1 heteroatoms. The van der Waals surface area contributed by atoms with Gasteiger partial charge in [-0.1, -0.05) is 20.8 Å². The molecule has 1 N–H and O–H groups in total. The molecule has 1 aliphatic heterocycles. The van der Waals surface area contributed by atoms with Crippen LogP contribution in [0.2, 0.25) is 0 Å². The molecule has 1 aliphatic carbocycles. The summed E-state index contributed by atoms with van der Waals surface area (Å²) in [6.45, 7) is 8.45. The van der Waals surface area contributed by atoms with Crippen molar-refractivity contribution >= 4 is 0 Å². The minimum absolute atomic E-state index is 0.520. The highest BCUT2D eigenvalue weighted by atomic mass is 15.0. The average Bonchev–Trinajstić information content (AvgIpc) is 2.23. The van der Waals surface area contributed by atoms with E-state index in [2.05, 4.69) is 26.1 Å². The van der Waals surface area contributed by atoms with E-state index in [1.165, 1.54) is 32.2 Å². The van der Waals surface area contributed by atoms with E-state index in [4.69, 9.17) is 0 Å². The van der Waals surface area contributed by atoms with E-state index in [9.17, 15) is 0 Å². The molecule has 1 heterocycles. The molecule has 1 saturated carbocycles. The summed E-state index contributed by atoms with van der Waals surface area (Å²) in [5, 5.41) is 3.75. The molecule has 1 saturated heterocycles. The van der Waals surface area contributed by atoms with E-state index in [-0.39, 0.29) is 0 Å². The smallest absolute Gasteiger partial charge is 0.0187 e. The summed E-state index contributed by atoms with van der Waals surface area (Å²) in [5.41, 5.74) is 1.14. The molecule has 0 aromatic heterocycles. The Morgan fingerprint density at radius 2 is 2.17 bits per heavy atom. The van der Waals surface area contributed by atoms with Gasteiger partial charge in [-0.2, -0.15) is 0 Å². The lowest BCUT2D eigenvalue weighted by molar-refractivity contribution is 0.158. The van der Waals surface area contributed by atoms with Gasteiger partial charge in [-0.15, -0.1) is 0 Å². The highest BCUT2D eigenvalue weighted by Crippen LogP contribution is 2.49. The molecular formula is C11H21N. The predicted octanol–water partition coefficient (Wildman–Crippen LogP) is 2.56. The maximum atomic E-state index is 3.75. The summed E-state index contributed by atoms with van der Waals surface area (Å²) >= 11 is 0. The zero-order valence-corrected chi connectivity index (χ0v) is 8.61. The average molecular weight is 167 g/mol. The molecule has 2 rings (SSSR count). The van der Waals surface area contributed by atoms with Gasteiger partial charge < -0.3 is 5.32 Å². The molecule has 0 aromatic rings. The van der Waals surface area contributed by atoms with Gasteiger partial charge in [-0.25, -0.2) is 0 Å². The van der Waals surface area contributed by atoms with Crippen LogP contribution >= 0.6 is 0 Å². The van der Waals surface area contributed by atoms with Crippen LogP contribution in [0, 0.1) is 11.3 Å². The molecule has 0 amide bonds. The number of nitrogens with one attached hydrogen (secondary N) is 1. The fourth-order valence-corrected chi connectivity index (χ4v) is 3.61. The summed E-state index contributed by atoms with van der Waals surface area (Å²) in [6.07, 6.45) is 5.56. The number of fused-ring (bicyclic) bond motifs is 2. The van der Waals surface area contributed by atoms with Crippen molar-refractivity contribution in [2.75, 3.05) is 6.54 Å². The normalized spacial score (nSPS) is 52.8. The third kappa shape index (κ3) is 1.19. The first-order chi connectivity index (χ1) is 5.58. The first-order valence-electron chi connectivity index (χ1n) is 5.33. The fraction of sp³-hybridized carbons (Fsp3) is 1.00. The molecule has 12 heavy (non-hydrogen) atoms. The zero-order valence-electron chi connectivity index (χ0n) is 8.61. The first-order valence-corrected chi connectivity index (χ1v) is 5.33. The van der Waals surface area contributed by atoms with Crippen molar-refractivity contribution in [1.82, 2.24) is 5.32 Å². The van der Waals surface area contributed by atoms with Gasteiger partial charge in [-0.3, -0.25) is 0 Å². The second kappa shape index (κ2) is 2.47. The lowest BCUT2D eigenvalue weighted by Gasteiger charge is -2.39. The van der Waals surface area contributed by atoms with E-state index in [1.807, 2.05) is 0 Å². The van der Waals surface area contributed by atoms with Gasteiger partial charge in [0.1, 0.15) is 0 Å². The van der Waals surface area contributed by atoms with Crippen molar-refractivity contribution in [2.24, 2.45) is 11.3 Å². The quantitative estimate of drug-likeness (QED) is 0.633. The van der Waals surface area contributed by atoms with Crippen LogP contribution in [0.3, 0.4) is 0 Å². The van der Waals surface area contributed by atoms with Gasteiger partial charge >= 0.3 is 0 Å². The van der Waals surface area contributed by atoms with Crippen LogP contribution in [-0.2, 0) is 0 Å². The molecule has 2 fully saturated rings. The van der Waals surface area contributed by atoms with Gasteiger partial charge in [-0.05, 0) is 37.0 Å². The Labute approximate surface area is 75.9 Å². The van der Waals surface area contributed by atoms with Gasteiger partial charge in [0.25, 0.3) is 0 Å². The molecule has 1 nitrogen and oxygen atoms in total. The van der Waals surface area contributed by atoms with E-state index in [1.54, 1.807) is 0 Å². The summed E-state index contributed by atoms with van der Waals surface area (Å²) in [6, 6.07) is 0. The Hall–Kier alpha value is -0.0400. The highest BCUT2D eigenvalue weighted by molar-refractivity contribution is 5.06. The lowest BCUT2D eigenvalue weighted by Crippen LogP contribution is -2.41. The maximum absolute atomic E-state index is 3.75. The van der Waals surface area contributed by atoms with Crippen molar-refractivity contribution in [3.8, 4) is 0 Å². The van der Waals surface area contributed by atoms with Gasteiger partial charge in [0.05, 0.1) is 0 Å². The molecule has 0 spiro atoms. The van der Waals surface area contributed by atoms with E-state index < -0.39 is 0 Å². The van der Waals surface area contributed by atoms with Crippen LogP contribution in [0.5, 0.6) is 0 Å². The van der Waals surface area contributed by atoms with Crippen LogP contribution in [0.1, 0.15) is 46.5 Å². The summed E-state index contributed by atoms with van der Waals surface area (Å²) in [4.78, 5) is 0. The number of hydrogen-bond acceptors (Lipinski definition) is 1. The van der Waals surface area contributed by atoms with Crippen LogP contribution in [0.15, 0.2) is 0 Å². The second-order valence-corrected chi connectivity index (χ2v) is 5.49. The SMILES string of the molecule is CCC12CC(C)CC(C)(CN1)C2. The topological polar surface area (TPSA) is 12.0 Å². The molecule has 3 atom stereocenters. The molecule has 0 radical (unpaired) electrons. The third-order valence-corrected chi connectivity index (χ3v) is 3.91. The van der Waals surface area contributed by atoms with Crippen molar-refractivity contribution in [3.63, 3.8) is 0 Å². The van der Waals surface area contributed by atoms with Crippen LogP contribution in [-0.4, -0.2) is 12.1 Å². The van der Waals surface area contributed by atoms with Crippen molar-refractivity contribution < 1.29 is 0 Å². The Bertz CT molecular complexity index is 189. The van der Waals surface area contributed by atoms with Crippen LogP contribution < -0.4 is 5.32 Å². The molecule has 2 bridgehead atoms. The van der Waals surface area contributed by atoms with Crippen LogP contribution in [0.4, 0.5) is 0 Å². The summed E-state index contributed by atoms with van der Waals surface area (Å²) in [7, 11) is 0. The molecule has 70 valence electrons. The highest BCUT2D eigenvalue weighted by Gasteiger charge is 2.49. The van der Waals surface area contributed by atoms with Crippen molar-refractivity contribution in [2.45, 2.75) is 52.0 Å². The maximum Gasteiger partial charge on any atom is 0.0187 e. The first kappa shape index (κ1) is 8.55. The van der Waals surface area contributed by atoms with E-state index in [0.29, 0.717) is 11.0 Å². The molecule has 2 aliphatic rings. The molecule has 3 unspecified atom stereocenters. The lowest BCUT2D eigenvalue weighted by atomic mass is 9.66. The monoisotopic (exact) mass is 167 g/mol. The summed E-state index contributed by atoms with van der Waals surface area (Å²) < 4.78 is 0. The molecular weight excluding hydrogens is 146 g/mol. The molecule has 0 aromatic carbocycles. The number of rotatable bonds is 1. The van der Waals surface area contributed by atoms with Crippen molar-refractivity contribution in [1.29, 1.82) is 0 Å². The second-order valence-electron chi connectivity index (χ2n) is 5.49. The van der Waals surface area contributed by atoms with Gasteiger partial charge in [0.2, 0.25) is 0 Å². The zero-order chi connectivity index (χ0) is 8.82. The van der Waals surface area contributed by atoms with E-state index in [0.717, 1.165) is 5.92 Å². The number of hydrogen-bond donors (Lipinski definition) is 1. The van der Waals surface area contributed by atoms with Gasteiger partial charge in [0, 0.05) is 12.1 Å². The Kier molecular flexibility index (Phi) is 1.76. The van der Waals surface area contributed by atoms with Crippen LogP contribution in [0.25, 0.3) is 0 Å². The standard InChI is InChI=1S/C11H21N/c1-4-11-6-9(2)5-10(3,7-11)8-12-11/h9,12H,4-8H2,1-3H3. The largest absolute Gasteiger partial charge is 0.311 e. The minimum Gasteiger partial charge on any atom is -0.311 e.